The van der Waals surface area contributed by atoms with Crippen LogP contribution in [0.25, 0.3) is 32.3 Å². The molecule has 0 unspecified atom stereocenters. The number of hydrogen-bond acceptors (Lipinski definition) is 2. The largest absolute Gasteiger partial charge is 0.310 e. The van der Waals surface area contributed by atoms with Crippen molar-refractivity contribution < 1.29 is 17.6 Å². The molecule has 50 heavy (non-hydrogen) atoms. The molecule has 0 radical (unpaired) electrons. The predicted octanol–water partition coefficient (Wildman–Crippen LogP) is 13.4. The second-order valence-electron chi connectivity index (χ2n) is 13.6. The topological polar surface area (TPSA) is 6.48 Å². The molecule has 6 heteroatoms. The predicted molar refractivity (Wildman–Crippen MR) is 198 cm³/mol. The van der Waals surface area contributed by atoms with Gasteiger partial charge in [0.2, 0.25) is 0 Å². The van der Waals surface area contributed by atoms with Crippen LogP contribution in [-0.2, 0) is 5.41 Å². The van der Waals surface area contributed by atoms with E-state index in [-0.39, 0.29) is 28.7 Å². The molecular weight excluding hydrogens is 632 g/mol. The van der Waals surface area contributed by atoms with Crippen molar-refractivity contribution in [3.05, 3.63) is 168 Å². The zero-order valence-electron chi connectivity index (χ0n) is 27.7. The molecule has 8 rings (SSSR count). The molecule has 0 N–H and O–H groups in total. The first-order valence-corrected chi connectivity index (χ1v) is 16.4. The Morgan fingerprint density at radius 1 is 0.380 bits per heavy atom. The summed E-state index contributed by atoms with van der Waals surface area (Å²) < 4.78 is 57.3. The smallest absolute Gasteiger partial charge is 0.123 e. The number of hydrogen-bond donors (Lipinski definition) is 0. The van der Waals surface area contributed by atoms with Gasteiger partial charge in [0.15, 0.2) is 0 Å². The Morgan fingerprint density at radius 3 is 1.00 bits per heavy atom. The molecule has 8 aromatic carbocycles. The van der Waals surface area contributed by atoms with Crippen LogP contribution >= 0.6 is 0 Å². The van der Waals surface area contributed by atoms with E-state index in [2.05, 4.69) is 57.2 Å². The Kier molecular flexibility index (Phi) is 7.48. The second kappa shape index (κ2) is 11.9. The van der Waals surface area contributed by atoms with Crippen molar-refractivity contribution in [2.45, 2.75) is 26.2 Å². The van der Waals surface area contributed by atoms with Gasteiger partial charge in [-0.3, -0.25) is 0 Å². The van der Waals surface area contributed by atoms with Crippen molar-refractivity contribution in [1.29, 1.82) is 0 Å². The van der Waals surface area contributed by atoms with Crippen molar-refractivity contribution in [3.8, 4) is 0 Å². The van der Waals surface area contributed by atoms with Crippen LogP contribution < -0.4 is 9.80 Å². The minimum Gasteiger partial charge on any atom is -0.310 e. The van der Waals surface area contributed by atoms with Crippen LogP contribution in [0.15, 0.2) is 140 Å². The van der Waals surface area contributed by atoms with Gasteiger partial charge in [-0.05, 0) is 130 Å². The van der Waals surface area contributed by atoms with Gasteiger partial charge in [-0.2, -0.15) is 0 Å². The molecule has 2 nitrogen and oxygen atoms in total. The molecule has 0 saturated heterocycles. The fraction of sp³-hybridized carbons (Fsp3) is 0.0909. The fourth-order valence-electron chi connectivity index (χ4n) is 6.90. The van der Waals surface area contributed by atoms with E-state index in [1.165, 1.54) is 54.1 Å². The van der Waals surface area contributed by atoms with Crippen molar-refractivity contribution in [3.63, 3.8) is 0 Å². The molecule has 0 spiro atoms. The van der Waals surface area contributed by atoms with Crippen molar-refractivity contribution >= 4 is 66.4 Å². The highest BCUT2D eigenvalue weighted by atomic mass is 19.1. The van der Waals surface area contributed by atoms with Gasteiger partial charge in [0.05, 0.1) is 11.4 Å². The van der Waals surface area contributed by atoms with Gasteiger partial charge < -0.3 is 9.80 Å². The summed E-state index contributed by atoms with van der Waals surface area (Å²) in [7, 11) is 0. The Morgan fingerprint density at radius 2 is 0.700 bits per heavy atom. The summed E-state index contributed by atoms with van der Waals surface area (Å²) in [6.45, 7) is 6.59. The lowest BCUT2D eigenvalue weighted by atomic mass is 9.83. The highest BCUT2D eigenvalue weighted by Crippen LogP contribution is 2.50. The maximum Gasteiger partial charge on any atom is 0.123 e. The van der Waals surface area contributed by atoms with Gasteiger partial charge in [0, 0.05) is 38.9 Å². The van der Waals surface area contributed by atoms with E-state index in [1.54, 1.807) is 48.5 Å². The minimum atomic E-state index is -0.377. The first-order chi connectivity index (χ1) is 24.0. The van der Waals surface area contributed by atoms with E-state index in [1.807, 2.05) is 15.9 Å². The number of benzene rings is 8. The third kappa shape index (κ3) is 5.47. The van der Waals surface area contributed by atoms with E-state index >= 15 is 0 Å². The summed E-state index contributed by atoms with van der Waals surface area (Å²) in [6.07, 6.45) is 0. The van der Waals surface area contributed by atoms with Gasteiger partial charge in [-0.1, -0.05) is 57.2 Å². The minimum absolute atomic E-state index is 0.0787. The Hall–Kier alpha value is -5.88. The Labute approximate surface area is 287 Å². The van der Waals surface area contributed by atoms with Crippen LogP contribution in [0, 0.1) is 23.3 Å². The summed E-state index contributed by atoms with van der Waals surface area (Å²) >= 11 is 0. The van der Waals surface area contributed by atoms with E-state index in [9.17, 15) is 17.6 Å². The van der Waals surface area contributed by atoms with Crippen LogP contribution in [0.1, 0.15) is 26.3 Å². The monoisotopic (exact) mass is 664 g/mol. The maximum atomic E-state index is 14.3. The van der Waals surface area contributed by atoms with Crippen LogP contribution in [0.5, 0.6) is 0 Å². The molecule has 246 valence electrons. The summed E-state index contributed by atoms with van der Waals surface area (Å²) in [5, 5.41) is 6.09. The van der Waals surface area contributed by atoms with Gasteiger partial charge in [-0.25, -0.2) is 17.6 Å². The molecule has 0 aromatic heterocycles. The van der Waals surface area contributed by atoms with Crippen LogP contribution in [0.2, 0.25) is 0 Å². The second-order valence-corrected chi connectivity index (χ2v) is 13.6. The number of halogens is 4. The third-order valence-electron chi connectivity index (χ3n) is 9.36. The van der Waals surface area contributed by atoms with E-state index < -0.39 is 0 Å². The molecule has 0 amide bonds. The highest BCUT2D eigenvalue weighted by molar-refractivity contribution is 6.29. The fourth-order valence-corrected chi connectivity index (χ4v) is 6.90. The molecule has 0 heterocycles. The molecule has 0 atom stereocenters. The van der Waals surface area contributed by atoms with Crippen LogP contribution in [0.3, 0.4) is 0 Å². The van der Waals surface area contributed by atoms with E-state index in [0.29, 0.717) is 22.7 Å². The van der Waals surface area contributed by atoms with Crippen molar-refractivity contribution in [2.24, 2.45) is 0 Å². The maximum absolute atomic E-state index is 14.3. The third-order valence-corrected chi connectivity index (χ3v) is 9.36. The standard InChI is InChI=1S/C44H32F4N2/c1-44(2,3)29-24-27-4-22-38-40(49(34-14-6-30(45)7-15-34)35-16-8-31(46)9-17-35)26-41(39-23-5-28(25-29)42(27)43(38)39)50(36-18-10-32(47)11-19-36)37-20-12-33(48)13-21-37/h4-26H,1-3H3. The zero-order chi connectivity index (χ0) is 34.7. The van der Waals surface area contributed by atoms with E-state index in [4.69, 9.17) is 0 Å². The van der Waals surface area contributed by atoms with Gasteiger partial charge in [-0.15, -0.1) is 0 Å². The number of nitrogens with zero attached hydrogens (tertiary/aromatic N) is 2. The average Bonchev–Trinajstić information content (AvgIpc) is 3.10. The first kappa shape index (κ1) is 31.4. The van der Waals surface area contributed by atoms with Crippen LogP contribution in [0.4, 0.5) is 51.7 Å². The SMILES string of the molecule is CC(C)(C)c1cc2ccc3c(N(c4ccc(F)cc4)c4ccc(F)cc4)cc(N(c4ccc(F)cc4)c4ccc(F)cc4)c4ccc(c1)c2c34. The first-order valence-electron chi connectivity index (χ1n) is 16.4. The zero-order valence-corrected chi connectivity index (χ0v) is 27.7. The van der Waals surface area contributed by atoms with E-state index in [0.717, 1.165) is 43.7 Å². The summed E-state index contributed by atoms with van der Waals surface area (Å²) in [5.41, 5.74) is 5.33. The Balaban J connectivity index is 1.53. The molecule has 0 aliphatic rings. The Bertz CT molecular complexity index is 2230. The molecule has 0 fully saturated rings. The number of rotatable bonds is 6. The summed E-state index contributed by atoms with van der Waals surface area (Å²) in [4.78, 5) is 3.98. The normalized spacial score (nSPS) is 11.9. The summed E-state index contributed by atoms with van der Waals surface area (Å²) in [6, 6.07) is 39.8. The molecule has 0 aliphatic heterocycles. The lowest BCUT2D eigenvalue weighted by molar-refractivity contribution is 0.591. The molecule has 0 bridgehead atoms. The van der Waals surface area contributed by atoms with Gasteiger partial charge in [0.25, 0.3) is 0 Å². The lowest BCUT2D eigenvalue weighted by Gasteiger charge is -2.32. The summed E-state index contributed by atoms with van der Waals surface area (Å²) in [5.74, 6) is -1.51. The van der Waals surface area contributed by atoms with Gasteiger partial charge in [0.1, 0.15) is 23.3 Å². The molecule has 0 saturated carbocycles. The lowest BCUT2D eigenvalue weighted by Crippen LogP contribution is -2.15. The van der Waals surface area contributed by atoms with Crippen LogP contribution in [-0.4, -0.2) is 0 Å². The highest BCUT2D eigenvalue weighted by Gasteiger charge is 2.25. The van der Waals surface area contributed by atoms with Gasteiger partial charge >= 0.3 is 0 Å². The molecule has 0 aliphatic carbocycles. The van der Waals surface area contributed by atoms with Crippen molar-refractivity contribution in [2.75, 3.05) is 9.80 Å². The average molecular weight is 665 g/mol. The van der Waals surface area contributed by atoms with Crippen molar-refractivity contribution in [1.82, 2.24) is 0 Å². The molecule has 8 aromatic rings. The quantitative estimate of drug-likeness (QED) is 0.129. The molecular formula is C44H32F4N2. The number of anilines is 6.